The van der Waals surface area contributed by atoms with Crippen LogP contribution in [0.2, 0.25) is 0 Å². The molecule has 0 saturated heterocycles. The highest BCUT2D eigenvalue weighted by Crippen LogP contribution is 2.21. The maximum Gasteiger partial charge on any atom is 0.214 e. The molecule has 2 aromatic rings. The van der Waals surface area contributed by atoms with E-state index in [1.54, 1.807) is 13.3 Å². The minimum Gasteiger partial charge on any atom is -0.481 e. The first-order chi connectivity index (χ1) is 9.72. The molecule has 0 atom stereocenters. The molecule has 0 aliphatic rings. The van der Waals surface area contributed by atoms with Crippen molar-refractivity contribution in [1.82, 2.24) is 4.98 Å². The number of hydrogen-bond donors (Lipinski definition) is 1. The van der Waals surface area contributed by atoms with Crippen molar-refractivity contribution in [2.24, 2.45) is 0 Å². The Hall–Kier alpha value is -2.23. The number of pyridine rings is 1. The molecule has 0 unspecified atom stereocenters. The lowest BCUT2D eigenvalue weighted by molar-refractivity contribution is 0.398. The lowest BCUT2D eigenvalue weighted by Crippen LogP contribution is -2.23. The van der Waals surface area contributed by atoms with E-state index in [0.29, 0.717) is 5.88 Å². The third-order valence-corrected chi connectivity index (χ3v) is 3.11. The van der Waals surface area contributed by atoms with Crippen molar-refractivity contribution >= 4 is 11.4 Å². The first kappa shape index (κ1) is 14.2. The Morgan fingerprint density at radius 1 is 1.25 bits per heavy atom. The summed E-state index contributed by atoms with van der Waals surface area (Å²) in [5, 5.41) is 0. The molecule has 2 N–H and O–H groups in total. The molecular formula is C16H21N3O. The van der Waals surface area contributed by atoms with Gasteiger partial charge in [-0.15, -0.1) is 0 Å². The average molecular weight is 271 g/mol. The van der Waals surface area contributed by atoms with E-state index >= 15 is 0 Å². The van der Waals surface area contributed by atoms with Crippen LogP contribution in [0.5, 0.6) is 5.88 Å². The maximum absolute atomic E-state index is 5.84. The zero-order valence-electron chi connectivity index (χ0n) is 12.0. The van der Waals surface area contributed by atoms with E-state index in [0.717, 1.165) is 30.9 Å². The van der Waals surface area contributed by atoms with Crippen molar-refractivity contribution in [1.29, 1.82) is 0 Å². The summed E-state index contributed by atoms with van der Waals surface area (Å²) in [7, 11) is 1.63. The Balaban J connectivity index is 2.21. The van der Waals surface area contributed by atoms with Crippen molar-refractivity contribution in [3.63, 3.8) is 0 Å². The van der Waals surface area contributed by atoms with Crippen LogP contribution < -0.4 is 15.4 Å². The number of nitrogen functional groups attached to an aromatic ring is 1. The van der Waals surface area contributed by atoms with Gasteiger partial charge in [-0.1, -0.05) is 19.1 Å². The minimum atomic E-state index is 0.635. The van der Waals surface area contributed by atoms with Gasteiger partial charge in [0.2, 0.25) is 5.88 Å². The molecule has 1 aromatic heterocycles. The fourth-order valence-electron chi connectivity index (χ4n) is 2.19. The highest BCUT2D eigenvalue weighted by molar-refractivity contribution is 5.50. The molecule has 20 heavy (non-hydrogen) atoms. The summed E-state index contributed by atoms with van der Waals surface area (Å²) < 4.78 is 5.19. The Morgan fingerprint density at radius 3 is 2.80 bits per heavy atom. The van der Waals surface area contributed by atoms with Gasteiger partial charge >= 0.3 is 0 Å². The Kier molecular flexibility index (Phi) is 4.82. The lowest BCUT2D eigenvalue weighted by Gasteiger charge is -2.24. The fourth-order valence-corrected chi connectivity index (χ4v) is 2.19. The molecule has 106 valence electrons. The van der Waals surface area contributed by atoms with E-state index in [2.05, 4.69) is 22.9 Å². The van der Waals surface area contributed by atoms with Crippen LogP contribution >= 0.6 is 0 Å². The predicted octanol–water partition coefficient (Wildman–Crippen LogP) is 3.09. The standard InChI is InChI=1S/C16H21N3O/c1-3-9-19(12-13-5-4-6-14(17)10-13)15-7-8-18-16(11-15)20-2/h4-8,10-11H,3,9,12,17H2,1-2H3. The largest absolute Gasteiger partial charge is 0.481 e. The quantitative estimate of drug-likeness (QED) is 0.820. The predicted molar refractivity (Wildman–Crippen MR) is 83.0 cm³/mol. The summed E-state index contributed by atoms with van der Waals surface area (Å²) in [5.74, 6) is 0.635. The molecule has 0 spiro atoms. The summed E-state index contributed by atoms with van der Waals surface area (Å²) in [4.78, 5) is 6.46. The van der Waals surface area contributed by atoms with E-state index in [-0.39, 0.29) is 0 Å². The molecule has 4 nitrogen and oxygen atoms in total. The Bertz CT molecular complexity index is 557. The van der Waals surface area contributed by atoms with E-state index < -0.39 is 0 Å². The van der Waals surface area contributed by atoms with E-state index in [9.17, 15) is 0 Å². The number of rotatable bonds is 6. The molecule has 0 amide bonds. The molecule has 1 aromatic carbocycles. The minimum absolute atomic E-state index is 0.635. The molecule has 4 heteroatoms. The van der Waals surface area contributed by atoms with Gasteiger partial charge in [0.1, 0.15) is 0 Å². The van der Waals surface area contributed by atoms with Crippen molar-refractivity contribution in [3.05, 3.63) is 48.2 Å². The highest BCUT2D eigenvalue weighted by Gasteiger charge is 2.08. The molecule has 0 aliphatic heterocycles. The summed E-state index contributed by atoms with van der Waals surface area (Å²) >= 11 is 0. The molecule has 0 aliphatic carbocycles. The summed E-state index contributed by atoms with van der Waals surface area (Å²) in [6.45, 7) is 3.97. The number of nitrogens with two attached hydrogens (primary N) is 1. The van der Waals surface area contributed by atoms with Crippen LogP contribution in [-0.4, -0.2) is 18.6 Å². The number of nitrogens with zero attached hydrogens (tertiary/aromatic N) is 2. The SMILES string of the molecule is CCCN(Cc1cccc(N)c1)c1ccnc(OC)c1. The van der Waals surface area contributed by atoms with Crippen LogP contribution in [0.15, 0.2) is 42.6 Å². The zero-order valence-corrected chi connectivity index (χ0v) is 12.0. The molecule has 0 saturated carbocycles. The molecule has 0 radical (unpaired) electrons. The fraction of sp³-hybridized carbons (Fsp3) is 0.312. The van der Waals surface area contributed by atoms with Crippen LogP contribution in [0, 0.1) is 0 Å². The number of methoxy groups -OCH3 is 1. The molecule has 0 fully saturated rings. The normalized spacial score (nSPS) is 10.3. The van der Waals surface area contributed by atoms with Crippen LogP contribution in [0.4, 0.5) is 11.4 Å². The van der Waals surface area contributed by atoms with Crippen LogP contribution in [0.1, 0.15) is 18.9 Å². The van der Waals surface area contributed by atoms with Crippen molar-refractivity contribution in [3.8, 4) is 5.88 Å². The summed E-state index contributed by atoms with van der Waals surface area (Å²) in [6.07, 6.45) is 2.85. The summed E-state index contributed by atoms with van der Waals surface area (Å²) in [5.41, 5.74) is 8.96. The average Bonchev–Trinajstić information content (AvgIpc) is 2.47. The second-order valence-electron chi connectivity index (χ2n) is 4.72. The Morgan fingerprint density at radius 2 is 2.10 bits per heavy atom. The van der Waals surface area contributed by atoms with Crippen molar-refractivity contribution in [2.75, 3.05) is 24.3 Å². The van der Waals surface area contributed by atoms with E-state index in [1.807, 2.05) is 30.3 Å². The van der Waals surface area contributed by atoms with E-state index in [4.69, 9.17) is 10.5 Å². The van der Waals surface area contributed by atoms with Crippen molar-refractivity contribution in [2.45, 2.75) is 19.9 Å². The van der Waals surface area contributed by atoms with Gasteiger partial charge in [-0.05, 0) is 30.2 Å². The first-order valence-corrected chi connectivity index (χ1v) is 6.82. The molecule has 2 rings (SSSR count). The van der Waals surface area contributed by atoms with Crippen LogP contribution in [0.25, 0.3) is 0 Å². The number of anilines is 2. The van der Waals surface area contributed by atoms with Gasteiger partial charge in [0.05, 0.1) is 7.11 Å². The number of aromatic nitrogens is 1. The lowest BCUT2D eigenvalue weighted by atomic mass is 10.1. The smallest absolute Gasteiger partial charge is 0.214 e. The van der Waals surface area contributed by atoms with Gasteiger partial charge < -0.3 is 15.4 Å². The molecular weight excluding hydrogens is 250 g/mol. The van der Waals surface area contributed by atoms with Crippen LogP contribution in [0.3, 0.4) is 0 Å². The number of ether oxygens (including phenoxy) is 1. The van der Waals surface area contributed by atoms with Gasteiger partial charge in [-0.25, -0.2) is 4.98 Å². The van der Waals surface area contributed by atoms with Gasteiger partial charge in [-0.2, -0.15) is 0 Å². The molecule has 1 heterocycles. The monoisotopic (exact) mass is 271 g/mol. The van der Waals surface area contributed by atoms with Crippen molar-refractivity contribution < 1.29 is 4.74 Å². The van der Waals surface area contributed by atoms with E-state index in [1.165, 1.54) is 5.56 Å². The second-order valence-corrected chi connectivity index (χ2v) is 4.72. The Labute approximate surface area is 120 Å². The number of benzene rings is 1. The highest BCUT2D eigenvalue weighted by atomic mass is 16.5. The zero-order chi connectivity index (χ0) is 14.4. The first-order valence-electron chi connectivity index (χ1n) is 6.82. The van der Waals surface area contributed by atoms with Gasteiger partial charge in [0.15, 0.2) is 0 Å². The van der Waals surface area contributed by atoms with Gasteiger partial charge in [0.25, 0.3) is 0 Å². The second kappa shape index (κ2) is 6.80. The van der Waals surface area contributed by atoms with Gasteiger partial charge in [-0.3, -0.25) is 0 Å². The topological polar surface area (TPSA) is 51.4 Å². The van der Waals surface area contributed by atoms with Gasteiger partial charge in [0, 0.05) is 36.7 Å². The third kappa shape index (κ3) is 3.63. The third-order valence-electron chi connectivity index (χ3n) is 3.11. The summed E-state index contributed by atoms with van der Waals surface area (Å²) in [6, 6.07) is 12.0. The molecule has 0 bridgehead atoms. The maximum atomic E-state index is 5.84. The number of hydrogen-bond acceptors (Lipinski definition) is 4. The van der Waals surface area contributed by atoms with Crippen LogP contribution in [-0.2, 0) is 6.54 Å².